The first kappa shape index (κ1) is 15.8. The van der Waals surface area contributed by atoms with Crippen molar-refractivity contribution in [2.75, 3.05) is 20.8 Å². The van der Waals surface area contributed by atoms with Gasteiger partial charge in [-0.05, 0) is 42.3 Å². The molecule has 22 heavy (non-hydrogen) atoms. The zero-order chi connectivity index (χ0) is 15.9. The third kappa shape index (κ3) is 3.97. The van der Waals surface area contributed by atoms with Crippen molar-refractivity contribution in [1.29, 1.82) is 0 Å². The van der Waals surface area contributed by atoms with Crippen LogP contribution in [-0.2, 0) is 6.42 Å². The molecule has 0 spiro atoms. The summed E-state index contributed by atoms with van der Waals surface area (Å²) in [5.74, 6) is 0.519. The van der Waals surface area contributed by atoms with E-state index in [9.17, 15) is 9.18 Å². The minimum atomic E-state index is -0.279. The van der Waals surface area contributed by atoms with Crippen LogP contribution in [0.4, 0.5) is 4.39 Å². The fourth-order valence-corrected chi connectivity index (χ4v) is 2.10. The molecular weight excluding hydrogens is 285 g/mol. The Labute approximate surface area is 128 Å². The standard InChI is InChI=1S/C17H18FNO3/c1-21-14-6-7-16(22-2)15(11-14)17(20)19-9-8-12-4-3-5-13(18)10-12/h3-7,10-11H,8-9H2,1-2H3,(H,19,20). The van der Waals surface area contributed by atoms with E-state index in [2.05, 4.69) is 5.32 Å². The van der Waals surface area contributed by atoms with E-state index in [4.69, 9.17) is 9.47 Å². The SMILES string of the molecule is COc1ccc(OC)c(C(=O)NCCc2cccc(F)c2)c1. The predicted octanol–water partition coefficient (Wildman–Crippen LogP) is 2.82. The highest BCUT2D eigenvalue weighted by atomic mass is 19.1. The monoisotopic (exact) mass is 303 g/mol. The number of methoxy groups -OCH3 is 2. The molecule has 1 N–H and O–H groups in total. The second kappa shape index (κ2) is 7.45. The molecule has 0 aliphatic rings. The van der Waals surface area contributed by atoms with Crippen LogP contribution in [0.25, 0.3) is 0 Å². The molecule has 2 rings (SSSR count). The van der Waals surface area contributed by atoms with Crippen LogP contribution in [0.15, 0.2) is 42.5 Å². The largest absolute Gasteiger partial charge is 0.497 e. The summed E-state index contributed by atoms with van der Waals surface area (Å²) in [7, 11) is 3.04. The van der Waals surface area contributed by atoms with E-state index < -0.39 is 0 Å². The van der Waals surface area contributed by atoms with Crippen molar-refractivity contribution in [3.05, 3.63) is 59.4 Å². The van der Waals surface area contributed by atoms with Crippen molar-refractivity contribution < 1.29 is 18.7 Å². The highest BCUT2D eigenvalue weighted by molar-refractivity contribution is 5.97. The van der Waals surface area contributed by atoms with Gasteiger partial charge in [-0.1, -0.05) is 12.1 Å². The van der Waals surface area contributed by atoms with Gasteiger partial charge in [0.2, 0.25) is 0 Å². The topological polar surface area (TPSA) is 47.6 Å². The van der Waals surface area contributed by atoms with Gasteiger partial charge in [-0.25, -0.2) is 4.39 Å². The minimum absolute atomic E-state index is 0.257. The fourth-order valence-electron chi connectivity index (χ4n) is 2.10. The Morgan fingerprint density at radius 2 is 1.95 bits per heavy atom. The maximum Gasteiger partial charge on any atom is 0.255 e. The highest BCUT2D eigenvalue weighted by Gasteiger charge is 2.13. The van der Waals surface area contributed by atoms with Gasteiger partial charge in [0, 0.05) is 6.54 Å². The van der Waals surface area contributed by atoms with Gasteiger partial charge in [0.1, 0.15) is 17.3 Å². The van der Waals surface area contributed by atoms with Crippen molar-refractivity contribution in [2.45, 2.75) is 6.42 Å². The third-order valence-electron chi connectivity index (χ3n) is 3.24. The number of amides is 1. The van der Waals surface area contributed by atoms with Crippen LogP contribution in [0, 0.1) is 5.82 Å². The van der Waals surface area contributed by atoms with Crippen molar-refractivity contribution in [3.63, 3.8) is 0 Å². The Hall–Kier alpha value is -2.56. The summed E-state index contributed by atoms with van der Waals surface area (Å²) in [6, 6.07) is 11.3. The summed E-state index contributed by atoms with van der Waals surface area (Å²) in [5.41, 5.74) is 1.24. The van der Waals surface area contributed by atoms with Gasteiger partial charge in [-0.15, -0.1) is 0 Å². The summed E-state index contributed by atoms with van der Waals surface area (Å²) in [6.07, 6.45) is 0.551. The number of hydrogen-bond acceptors (Lipinski definition) is 3. The molecule has 0 saturated heterocycles. The Balaban J connectivity index is 2.00. The molecule has 0 aliphatic carbocycles. The van der Waals surface area contributed by atoms with Crippen molar-refractivity contribution in [1.82, 2.24) is 5.32 Å². The van der Waals surface area contributed by atoms with E-state index in [1.165, 1.54) is 26.4 Å². The molecular formula is C17H18FNO3. The Kier molecular flexibility index (Phi) is 5.36. The molecule has 4 nitrogen and oxygen atoms in total. The quantitative estimate of drug-likeness (QED) is 0.892. The molecule has 0 radical (unpaired) electrons. The third-order valence-corrected chi connectivity index (χ3v) is 3.24. The van der Waals surface area contributed by atoms with Crippen LogP contribution in [0.5, 0.6) is 11.5 Å². The van der Waals surface area contributed by atoms with Gasteiger partial charge in [0.25, 0.3) is 5.91 Å². The van der Waals surface area contributed by atoms with E-state index in [0.29, 0.717) is 30.0 Å². The van der Waals surface area contributed by atoms with Crippen LogP contribution in [0.1, 0.15) is 15.9 Å². The first-order chi connectivity index (χ1) is 10.6. The molecule has 0 saturated carbocycles. The second-order valence-corrected chi connectivity index (χ2v) is 4.70. The van der Waals surface area contributed by atoms with Crippen molar-refractivity contribution in [3.8, 4) is 11.5 Å². The van der Waals surface area contributed by atoms with Crippen LogP contribution in [-0.4, -0.2) is 26.7 Å². The summed E-state index contributed by atoms with van der Waals surface area (Å²) in [6.45, 7) is 0.405. The van der Waals surface area contributed by atoms with Gasteiger partial charge in [-0.3, -0.25) is 4.79 Å². The first-order valence-corrected chi connectivity index (χ1v) is 6.88. The smallest absolute Gasteiger partial charge is 0.255 e. The van der Waals surface area contributed by atoms with E-state index in [-0.39, 0.29) is 11.7 Å². The summed E-state index contributed by atoms with van der Waals surface area (Å²) >= 11 is 0. The lowest BCUT2D eigenvalue weighted by atomic mass is 10.1. The van der Waals surface area contributed by atoms with Crippen LogP contribution in [0.3, 0.4) is 0 Å². The van der Waals surface area contributed by atoms with Crippen LogP contribution >= 0.6 is 0 Å². The molecule has 5 heteroatoms. The number of carbonyl (C=O) groups excluding carboxylic acids is 1. The number of ether oxygens (including phenoxy) is 2. The lowest BCUT2D eigenvalue weighted by Gasteiger charge is -2.11. The van der Waals surface area contributed by atoms with E-state index in [1.54, 1.807) is 24.3 Å². The maximum atomic E-state index is 13.1. The zero-order valence-corrected chi connectivity index (χ0v) is 12.6. The highest BCUT2D eigenvalue weighted by Crippen LogP contribution is 2.23. The molecule has 2 aromatic rings. The average Bonchev–Trinajstić information content (AvgIpc) is 2.54. The normalized spacial score (nSPS) is 10.1. The summed E-state index contributed by atoms with van der Waals surface area (Å²) < 4.78 is 23.4. The number of benzene rings is 2. The van der Waals surface area contributed by atoms with E-state index >= 15 is 0 Å². The minimum Gasteiger partial charge on any atom is -0.497 e. The van der Waals surface area contributed by atoms with E-state index in [1.807, 2.05) is 6.07 Å². The molecule has 1 amide bonds. The molecule has 0 fully saturated rings. The molecule has 0 atom stereocenters. The number of halogens is 1. The first-order valence-electron chi connectivity index (χ1n) is 6.88. The molecule has 0 aliphatic heterocycles. The summed E-state index contributed by atoms with van der Waals surface area (Å²) in [5, 5.41) is 2.80. The molecule has 116 valence electrons. The van der Waals surface area contributed by atoms with Gasteiger partial charge >= 0.3 is 0 Å². The van der Waals surface area contributed by atoms with Gasteiger partial charge in [0.05, 0.1) is 19.8 Å². The summed E-state index contributed by atoms with van der Waals surface area (Å²) in [4.78, 5) is 12.2. The molecule has 2 aromatic carbocycles. The molecule has 0 heterocycles. The zero-order valence-electron chi connectivity index (χ0n) is 12.6. The molecule has 0 unspecified atom stereocenters. The van der Waals surface area contributed by atoms with Gasteiger partial charge in [-0.2, -0.15) is 0 Å². The van der Waals surface area contributed by atoms with Crippen molar-refractivity contribution in [2.24, 2.45) is 0 Å². The predicted molar refractivity (Wildman–Crippen MR) is 82.0 cm³/mol. The van der Waals surface area contributed by atoms with Crippen LogP contribution < -0.4 is 14.8 Å². The van der Waals surface area contributed by atoms with Crippen molar-refractivity contribution >= 4 is 5.91 Å². The van der Waals surface area contributed by atoms with Crippen LogP contribution in [0.2, 0.25) is 0 Å². The maximum absolute atomic E-state index is 13.1. The van der Waals surface area contributed by atoms with Gasteiger partial charge in [0.15, 0.2) is 0 Å². The Morgan fingerprint density at radius 1 is 1.14 bits per heavy atom. The van der Waals surface area contributed by atoms with E-state index in [0.717, 1.165) is 5.56 Å². The lowest BCUT2D eigenvalue weighted by molar-refractivity contribution is 0.0950. The Bertz CT molecular complexity index is 658. The Morgan fingerprint density at radius 3 is 2.64 bits per heavy atom. The fraction of sp³-hybridized carbons (Fsp3) is 0.235. The van der Waals surface area contributed by atoms with Gasteiger partial charge < -0.3 is 14.8 Å². The number of rotatable bonds is 6. The molecule has 0 bridgehead atoms. The second-order valence-electron chi connectivity index (χ2n) is 4.70. The lowest BCUT2D eigenvalue weighted by Crippen LogP contribution is -2.26. The molecule has 0 aromatic heterocycles. The number of carbonyl (C=O) groups is 1. The number of nitrogens with one attached hydrogen (secondary N) is 1. The average molecular weight is 303 g/mol. The number of hydrogen-bond donors (Lipinski definition) is 1.